The first-order valence-corrected chi connectivity index (χ1v) is 4.59. The molecule has 0 saturated heterocycles. The lowest BCUT2D eigenvalue weighted by Crippen LogP contribution is -1.84. The lowest BCUT2D eigenvalue weighted by atomic mass is 10.3. The van der Waals surface area contributed by atoms with E-state index in [1.165, 1.54) is 0 Å². The third kappa shape index (κ3) is 1.02. The molecule has 5 heteroatoms. The van der Waals surface area contributed by atoms with Gasteiger partial charge >= 0.3 is 0 Å². The van der Waals surface area contributed by atoms with Crippen molar-refractivity contribution >= 4 is 28.7 Å². The molecular formula is C7H7N3OS. The van der Waals surface area contributed by atoms with Crippen LogP contribution in [0, 0.1) is 0 Å². The van der Waals surface area contributed by atoms with Gasteiger partial charge < -0.3 is 10.3 Å². The molecule has 2 N–H and O–H groups in total. The molecule has 0 amide bonds. The van der Waals surface area contributed by atoms with Gasteiger partial charge in [0.05, 0.1) is 10.4 Å². The molecule has 0 radical (unpaired) electrons. The van der Waals surface area contributed by atoms with Crippen LogP contribution in [0.15, 0.2) is 21.7 Å². The Labute approximate surface area is 73.1 Å². The first kappa shape index (κ1) is 7.42. The largest absolute Gasteiger partial charge is 0.380 e. The van der Waals surface area contributed by atoms with Gasteiger partial charge in [-0.15, -0.1) is 11.8 Å². The maximum atomic E-state index is 5.52. The van der Waals surface area contributed by atoms with Crippen molar-refractivity contribution in [3.8, 4) is 0 Å². The lowest BCUT2D eigenvalue weighted by Gasteiger charge is -1.91. The van der Waals surface area contributed by atoms with Crippen molar-refractivity contribution in [3.63, 3.8) is 0 Å². The standard InChI is InChI=1S/C7H7N3OS/c1-12-5-3-2-4-6(8)10-11-7(4)9-5/h2-3H,1H3,(H2,8,10). The SMILES string of the molecule is CSc1ccc2c(N)noc2n1. The van der Waals surface area contributed by atoms with Crippen LogP contribution in [0.1, 0.15) is 0 Å². The van der Waals surface area contributed by atoms with E-state index < -0.39 is 0 Å². The molecule has 0 spiro atoms. The molecule has 2 aromatic heterocycles. The molecule has 0 aliphatic heterocycles. The number of nitrogens with two attached hydrogens (primary N) is 1. The van der Waals surface area contributed by atoms with Crippen LogP contribution in [0.5, 0.6) is 0 Å². The minimum absolute atomic E-state index is 0.394. The maximum Gasteiger partial charge on any atom is 0.261 e. The summed E-state index contributed by atoms with van der Waals surface area (Å²) in [7, 11) is 0. The summed E-state index contributed by atoms with van der Waals surface area (Å²) < 4.78 is 4.89. The number of nitrogen functional groups attached to an aromatic ring is 1. The average Bonchev–Trinajstić information content (AvgIpc) is 2.47. The number of rotatable bonds is 1. The highest BCUT2D eigenvalue weighted by Crippen LogP contribution is 2.21. The topological polar surface area (TPSA) is 64.9 Å². The molecule has 62 valence electrons. The van der Waals surface area contributed by atoms with E-state index >= 15 is 0 Å². The molecule has 0 atom stereocenters. The van der Waals surface area contributed by atoms with Crippen molar-refractivity contribution in [2.75, 3.05) is 12.0 Å². The quantitative estimate of drug-likeness (QED) is 0.676. The second kappa shape index (κ2) is 2.67. The number of fused-ring (bicyclic) bond motifs is 1. The first-order chi connectivity index (χ1) is 5.81. The number of anilines is 1. The third-order valence-corrected chi connectivity index (χ3v) is 2.20. The zero-order valence-electron chi connectivity index (χ0n) is 6.44. The zero-order valence-corrected chi connectivity index (χ0v) is 7.26. The van der Waals surface area contributed by atoms with E-state index in [1.807, 2.05) is 18.4 Å². The Morgan fingerprint density at radius 1 is 1.50 bits per heavy atom. The van der Waals surface area contributed by atoms with Crippen molar-refractivity contribution in [3.05, 3.63) is 12.1 Å². The number of aromatic nitrogens is 2. The molecule has 0 aliphatic carbocycles. The monoisotopic (exact) mass is 181 g/mol. The summed E-state index contributed by atoms with van der Waals surface area (Å²) in [6.07, 6.45) is 1.95. The van der Waals surface area contributed by atoms with Gasteiger partial charge in [0, 0.05) is 0 Å². The molecule has 0 unspecified atom stereocenters. The van der Waals surface area contributed by atoms with Gasteiger partial charge in [0.2, 0.25) is 0 Å². The average molecular weight is 181 g/mol. The minimum Gasteiger partial charge on any atom is -0.380 e. The number of hydrogen-bond acceptors (Lipinski definition) is 5. The molecule has 0 aromatic carbocycles. The van der Waals surface area contributed by atoms with E-state index in [-0.39, 0.29) is 0 Å². The molecule has 0 bridgehead atoms. The molecule has 2 heterocycles. The molecule has 0 fully saturated rings. The van der Waals surface area contributed by atoms with Gasteiger partial charge in [0.1, 0.15) is 0 Å². The molecule has 4 nitrogen and oxygen atoms in total. The van der Waals surface area contributed by atoms with Crippen LogP contribution in [-0.4, -0.2) is 16.4 Å². The Bertz CT molecular complexity index is 412. The van der Waals surface area contributed by atoms with Crippen LogP contribution in [0.25, 0.3) is 11.1 Å². The number of thioether (sulfide) groups is 1. The van der Waals surface area contributed by atoms with Crippen molar-refractivity contribution in [1.82, 2.24) is 10.1 Å². The van der Waals surface area contributed by atoms with Gasteiger partial charge in [-0.25, -0.2) is 4.98 Å². The third-order valence-electron chi connectivity index (χ3n) is 1.55. The molecule has 0 saturated carbocycles. The Kier molecular flexibility index (Phi) is 1.65. The summed E-state index contributed by atoms with van der Waals surface area (Å²) in [4.78, 5) is 4.17. The van der Waals surface area contributed by atoms with Gasteiger partial charge in [-0.2, -0.15) is 0 Å². The van der Waals surface area contributed by atoms with Crippen LogP contribution in [-0.2, 0) is 0 Å². The summed E-state index contributed by atoms with van der Waals surface area (Å²) in [5, 5.41) is 5.27. The second-order valence-electron chi connectivity index (χ2n) is 2.27. The van der Waals surface area contributed by atoms with Gasteiger partial charge in [0.15, 0.2) is 5.82 Å². The zero-order chi connectivity index (χ0) is 8.55. The minimum atomic E-state index is 0.394. The van der Waals surface area contributed by atoms with Crippen LogP contribution in [0.3, 0.4) is 0 Å². The molecule has 2 rings (SSSR count). The van der Waals surface area contributed by atoms with E-state index in [0.717, 1.165) is 10.4 Å². The highest BCUT2D eigenvalue weighted by atomic mass is 32.2. The van der Waals surface area contributed by atoms with Crippen LogP contribution >= 0.6 is 11.8 Å². The van der Waals surface area contributed by atoms with Crippen LogP contribution in [0.4, 0.5) is 5.82 Å². The molecule has 2 aromatic rings. The fourth-order valence-corrected chi connectivity index (χ4v) is 1.32. The Balaban J connectivity index is 2.69. The van der Waals surface area contributed by atoms with E-state index in [1.54, 1.807) is 11.8 Å². The van der Waals surface area contributed by atoms with Crippen molar-refractivity contribution in [1.29, 1.82) is 0 Å². The predicted molar refractivity (Wildman–Crippen MR) is 48.0 cm³/mol. The Morgan fingerprint density at radius 2 is 2.33 bits per heavy atom. The maximum absolute atomic E-state index is 5.52. The molecular weight excluding hydrogens is 174 g/mol. The fourth-order valence-electron chi connectivity index (χ4n) is 0.943. The van der Waals surface area contributed by atoms with Crippen molar-refractivity contribution in [2.45, 2.75) is 5.03 Å². The summed E-state index contributed by atoms with van der Waals surface area (Å²) in [5.74, 6) is 0.394. The summed E-state index contributed by atoms with van der Waals surface area (Å²) in [5.41, 5.74) is 6.02. The Hall–Kier alpha value is -1.23. The van der Waals surface area contributed by atoms with Gasteiger partial charge in [-0.3, -0.25) is 0 Å². The second-order valence-corrected chi connectivity index (χ2v) is 3.10. The van der Waals surface area contributed by atoms with Gasteiger partial charge in [-0.05, 0) is 18.4 Å². The van der Waals surface area contributed by atoms with E-state index in [4.69, 9.17) is 10.3 Å². The summed E-state index contributed by atoms with van der Waals surface area (Å²) >= 11 is 1.55. The fraction of sp³-hybridized carbons (Fsp3) is 0.143. The van der Waals surface area contributed by atoms with Crippen molar-refractivity contribution in [2.24, 2.45) is 0 Å². The Morgan fingerprint density at radius 3 is 3.08 bits per heavy atom. The number of pyridine rings is 1. The normalized spacial score (nSPS) is 10.8. The van der Waals surface area contributed by atoms with Crippen molar-refractivity contribution < 1.29 is 4.52 Å². The van der Waals surface area contributed by atoms with Gasteiger partial charge in [0.25, 0.3) is 5.71 Å². The lowest BCUT2D eigenvalue weighted by molar-refractivity contribution is 0.451. The molecule has 0 aliphatic rings. The first-order valence-electron chi connectivity index (χ1n) is 3.37. The highest BCUT2D eigenvalue weighted by molar-refractivity contribution is 7.98. The summed E-state index contributed by atoms with van der Waals surface area (Å²) in [6, 6.07) is 3.75. The highest BCUT2D eigenvalue weighted by Gasteiger charge is 2.05. The smallest absolute Gasteiger partial charge is 0.261 e. The summed E-state index contributed by atoms with van der Waals surface area (Å²) in [6.45, 7) is 0. The van der Waals surface area contributed by atoms with E-state index in [9.17, 15) is 0 Å². The number of hydrogen-bond donors (Lipinski definition) is 1. The van der Waals surface area contributed by atoms with Gasteiger partial charge in [-0.1, -0.05) is 5.16 Å². The number of nitrogens with zero attached hydrogens (tertiary/aromatic N) is 2. The van der Waals surface area contributed by atoms with Crippen LogP contribution in [0.2, 0.25) is 0 Å². The van der Waals surface area contributed by atoms with E-state index in [0.29, 0.717) is 11.5 Å². The van der Waals surface area contributed by atoms with Crippen LogP contribution < -0.4 is 5.73 Å². The predicted octanol–water partition coefficient (Wildman–Crippen LogP) is 1.53. The van der Waals surface area contributed by atoms with E-state index in [2.05, 4.69) is 10.1 Å². The molecule has 12 heavy (non-hydrogen) atoms.